The molecule has 0 saturated heterocycles. The number of hydrogen-bond donors (Lipinski definition) is 1. The van der Waals surface area contributed by atoms with Gasteiger partial charge in [-0.25, -0.2) is 4.98 Å². The van der Waals surface area contributed by atoms with E-state index < -0.39 is 0 Å². The number of aromatic amines is 1. The highest BCUT2D eigenvalue weighted by Gasteiger charge is 2.08. The van der Waals surface area contributed by atoms with Crippen molar-refractivity contribution in [2.75, 3.05) is 0 Å². The number of aryl methyl sites for hydroxylation is 1. The Morgan fingerprint density at radius 2 is 2.25 bits per heavy atom. The lowest BCUT2D eigenvalue weighted by atomic mass is 10.1. The van der Waals surface area contributed by atoms with Crippen molar-refractivity contribution in [3.8, 4) is 0 Å². The van der Waals surface area contributed by atoms with E-state index in [2.05, 4.69) is 21.9 Å². The van der Waals surface area contributed by atoms with Crippen molar-refractivity contribution in [3.63, 3.8) is 0 Å². The van der Waals surface area contributed by atoms with Crippen LogP contribution < -0.4 is 0 Å². The maximum atomic E-state index is 6.28. The van der Waals surface area contributed by atoms with Gasteiger partial charge in [-0.2, -0.15) is 0 Å². The highest BCUT2D eigenvalue weighted by Crippen LogP contribution is 2.29. The minimum atomic E-state index is 0.722. The quantitative estimate of drug-likeness (QED) is 0.698. The Morgan fingerprint density at radius 3 is 3.06 bits per heavy atom. The van der Waals surface area contributed by atoms with Gasteiger partial charge in [0.15, 0.2) is 0 Å². The van der Waals surface area contributed by atoms with Crippen LogP contribution in [0.4, 0.5) is 0 Å². The summed E-state index contributed by atoms with van der Waals surface area (Å²) in [5, 5.41) is 1.65. The maximum Gasteiger partial charge on any atom is 0.0991 e. The molecule has 80 valence electrons. The Kier molecular flexibility index (Phi) is 2.07. The van der Waals surface area contributed by atoms with E-state index in [1.54, 1.807) is 6.33 Å². The number of aromatic nitrogens is 3. The number of halogens is 1. The molecule has 16 heavy (non-hydrogen) atoms. The lowest BCUT2D eigenvalue weighted by Gasteiger charge is -2.03. The van der Waals surface area contributed by atoms with E-state index in [4.69, 9.17) is 11.6 Å². The van der Waals surface area contributed by atoms with Crippen LogP contribution in [0.3, 0.4) is 0 Å². The molecule has 0 radical (unpaired) electrons. The number of nitrogens with zero attached hydrogens (tertiary/aromatic N) is 2. The number of benzene rings is 1. The standard InChI is InChI=1S/C12H10ClN3/c1-2-7-5-8(13)11-9(16-7)3-4-10-12(11)15-6-14-10/h3-6H,2H2,1H3,(H,14,15). The molecule has 3 nitrogen and oxygen atoms in total. The topological polar surface area (TPSA) is 41.6 Å². The Morgan fingerprint density at radius 1 is 1.38 bits per heavy atom. The average Bonchev–Trinajstić information content (AvgIpc) is 2.76. The highest BCUT2D eigenvalue weighted by atomic mass is 35.5. The van der Waals surface area contributed by atoms with Gasteiger partial charge < -0.3 is 4.98 Å². The zero-order chi connectivity index (χ0) is 11.1. The normalized spacial score (nSPS) is 11.4. The van der Waals surface area contributed by atoms with E-state index in [-0.39, 0.29) is 0 Å². The minimum Gasteiger partial charge on any atom is -0.345 e. The Hall–Kier alpha value is -1.61. The molecule has 0 unspecified atom stereocenters. The number of pyridine rings is 1. The van der Waals surface area contributed by atoms with Gasteiger partial charge in [0.2, 0.25) is 0 Å². The van der Waals surface area contributed by atoms with Crippen molar-refractivity contribution >= 4 is 33.5 Å². The second kappa shape index (κ2) is 3.46. The minimum absolute atomic E-state index is 0.722. The summed E-state index contributed by atoms with van der Waals surface area (Å²) in [4.78, 5) is 11.9. The molecule has 0 atom stereocenters. The third-order valence-corrected chi connectivity index (χ3v) is 3.03. The Bertz CT molecular complexity index is 672. The van der Waals surface area contributed by atoms with Crippen molar-refractivity contribution in [3.05, 3.63) is 35.2 Å². The van der Waals surface area contributed by atoms with Crippen LogP contribution in [-0.2, 0) is 6.42 Å². The summed E-state index contributed by atoms with van der Waals surface area (Å²) < 4.78 is 0. The van der Waals surface area contributed by atoms with Gasteiger partial charge >= 0.3 is 0 Å². The molecule has 2 aromatic heterocycles. The van der Waals surface area contributed by atoms with E-state index in [9.17, 15) is 0 Å². The van der Waals surface area contributed by atoms with Crippen molar-refractivity contribution in [1.82, 2.24) is 15.0 Å². The fraction of sp³-hybridized carbons (Fsp3) is 0.167. The summed E-state index contributed by atoms with van der Waals surface area (Å²) in [5.74, 6) is 0. The molecular formula is C12H10ClN3. The van der Waals surface area contributed by atoms with Crippen LogP contribution in [-0.4, -0.2) is 15.0 Å². The van der Waals surface area contributed by atoms with Crippen LogP contribution in [0.25, 0.3) is 21.9 Å². The van der Waals surface area contributed by atoms with E-state index in [1.807, 2.05) is 18.2 Å². The third kappa shape index (κ3) is 1.28. The lowest BCUT2D eigenvalue weighted by molar-refractivity contribution is 1.06. The van der Waals surface area contributed by atoms with Crippen LogP contribution in [0.5, 0.6) is 0 Å². The second-order valence-electron chi connectivity index (χ2n) is 3.71. The summed E-state index contributed by atoms with van der Waals surface area (Å²) in [6, 6.07) is 5.87. The fourth-order valence-corrected chi connectivity index (χ4v) is 2.22. The van der Waals surface area contributed by atoms with Crippen LogP contribution in [0.2, 0.25) is 5.02 Å². The number of hydrogen-bond acceptors (Lipinski definition) is 2. The molecule has 0 fully saturated rings. The van der Waals surface area contributed by atoms with Crippen LogP contribution in [0, 0.1) is 0 Å². The third-order valence-electron chi connectivity index (χ3n) is 2.73. The van der Waals surface area contributed by atoms with Crippen LogP contribution in [0.15, 0.2) is 24.5 Å². The molecule has 3 rings (SSSR count). The maximum absolute atomic E-state index is 6.28. The fourth-order valence-electron chi connectivity index (χ4n) is 1.91. The summed E-state index contributed by atoms with van der Waals surface area (Å²) >= 11 is 6.28. The Labute approximate surface area is 97.5 Å². The number of nitrogens with one attached hydrogen (secondary N) is 1. The van der Waals surface area contributed by atoms with Gasteiger partial charge in [-0.3, -0.25) is 4.98 Å². The van der Waals surface area contributed by atoms with Crippen LogP contribution in [0.1, 0.15) is 12.6 Å². The molecule has 2 heterocycles. The molecular weight excluding hydrogens is 222 g/mol. The summed E-state index contributed by atoms with van der Waals surface area (Å²) in [6.07, 6.45) is 2.56. The molecule has 4 heteroatoms. The van der Waals surface area contributed by atoms with E-state index in [0.29, 0.717) is 0 Å². The predicted octanol–water partition coefficient (Wildman–Crippen LogP) is 3.33. The first-order valence-corrected chi connectivity index (χ1v) is 5.58. The lowest BCUT2D eigenvalue weighted by Crippen LogP contribution is -1.89. The molecule has 0 aliphatic rings. The Balaban J connectivity index is 2.50. The molecule has 3 aromatic rings. The molecule has 1 aromatic carbocycles. The van der Waals surface area contributed by atoms with E-state index in [0.717, 1.165) is 39.1 Å². The van der Waals surface area contributed by atoms with Gasteiger partial charge in [0.05, 0.1) is 27.9 Å². The highest BCUT2D eigenvalue weighted by molar-refractivity contribution is 6.37. The van der Waals surface area contributed by atoms with E-state index >= 15 is 0 Å². The number of rotatable bonds is 1. The van der Waals surface area contributed by atoms with Gasteiger partial charge in [-0.1, -0.05) is 18.5 Å². The number of fused-ring (bicyclic) bond motifs is 3. The average molecular weight is 232 g/mol. The van der Waals surface area contributed by atoms with Gasteiger partial charge in [0, 0.05) is 11.1 Å². The van der Waals surface area contributed by atoms with E-state index in [1.165, 1.54) is 0 Å². The molecule has 0 saturated carbocycles. The molecule has 0 bridgehead atoms. The first-order valence-electron chi connectivity index (χ1n) is 5.21. The van der Waals surface area contributed by atoms with Gasteiger partial charge in [0.25, 0.3) is 0 Å². The smallest absolute Gasteiger partial charge is 0.0991 e. The van der Waals surface area contributed by atoms with Crippen molar-refractivity contribution in [2.45, 2.75) is 13.3 Å². The van der Waals surface area contributed by atoms with Crippen molar-refractivity contribution in [2.24, 2.45) is 0 Å². The molecule has 1 N–H and O–H groups in total. The first-order chi connectivity index (χ1) is 7.79. The zero-order valence-electron chi connectivity index (χ0n) is 8.79. The van der Waals surface area contributed by atoms with Gasteiger partial charge in [0.1, 0.15) is 0 Å². The van der Waals surface area contributed by atoms with Crippen molar-refractivity contribution < 1.29 is 0 Å². The summed E-state index contributed by atoms with van der Waals surface area (Å²) in [6.45, 7) is 2.07. The summed E-state index contributed by atoms with van der Waals surface area (Å²) in [7, 11) is 0. The van der Waals surface area contributed by atoms with Gasteiger partial charge in [-0.15, -0.1) is 0 Å². The monoisotopic (exact) mass is 231 g/mol. The van der Waals surface area contributed by atoms with Gasteiger partial charge in [-0.05, 0) is 24.6 Å². The molecule has 0 aliphatic carbocycles. The summed E-state index contributed by atoms with van der Waals surface area (Å²) in [5.41, 5.74) is 3.79. The molecule has 0 aliphatic heterocycles. The second-order valence-corrected chi connectivity index (χ2v) is 4.11. The molecule has 0 amide bonds. The number of H-pyrrole nitrogens is 1. The zero-order valence-corrected chi connectivity index (χ0v) is 9.54. The van der Waals surface area contributed by atoms with Crippen molar-refractivity contribution in [1.29, 1.82) is 0 Å². The molecule has 0 spiro atoms. The first kappa shape index (κ1) is 9.60. The predicted molar refractivity (Wildman–Crippen MR) is 65.8 cm³/mol. The SMILES string of the molecule is CCc1cc(Cl)c2c(ccc3[nH]cnc32)n1. The number of imidazole rings is 1. The largest absolute Gasteiger partial charge is 0.345 e. The van der Waals surface area contributed by atoms with Crippen LogP contribution >= 0.6 is 11.6 Å².